The molecule has 1 aromatic carbocycles. The molecule has 0 radical (unpaired) electrons. The Morgan fingerprint density at radius 3 is 2.63 bits per heavy atom. The van der Waals surface area contributed by atoms with Crippen molar-refractivity contribution in [2.45, 2.75) is 38.6 Å². The van der Waals surface area contributed by atoms with E-state index in [-0.39, 0.29) is 18.4 Å². The van der Waals surface area contributed by atoms with E-state index >= 15 is 0 Å². The monoisotopic (exact) mass is 266 g/mol. The molecule has 0 aliphatic carbocycles. The molecule has 1 unspecified atom stereocenters. The Labute approximate surface area is 111 Å². The molecule has 0 fully saturated rings. The number of amidine groups is 1. The summed E-state index contributed by atoms with van der Waals surface area (Å²) in [5, 5.41) is 0. The highest BCUT2D eigenvalue weighted by atomic mass is 19.1. The predicted molar refractivity (Wildman–Crippen MR) is 70.7 cm³/mol. The minimum absolute atomic E-state index is 0.173. The number of rotatable bonds is 3. The van der Waals surface area contributed by atoms with E-state index in [1.165, 1.54) is 25.3 Å². The van der Waals surface area contributed by atoms with Gasteiger partial charge in [0.2, 0.25) is 0 Å². The van der Waals surface area contributed by atoms with Crippen LogP contribution in [-0.4, -0.2) is 23.9 Å². The average molecular weight is 266 g/mol. The van der Waals surface area contributed by atoms with E-state index in [0.29, 0.717) is 6.42 Å². The molecule has 1 heterocycles. The molecule has 0 bridgehead atoms. The van der Waals surface area contributed by atoms with E-state index in [2.05, 4.69) is 9.98 Å². The number of aliphatic imine (C=N–C) groups is 2. The van der Waals surface area contributed by atoms with Gasteiger partial charge in [-0.2, -0.15) is 0 Å². The lowest BCUT2D eigenvalue weighted by molar-refractivity contribution is 0.220. The third kappa shape index (κ3) is 3.36. The summed E-state index contributed by atoms with van der Waals surface area (Å²) in [6.45, 7) is 3.55. The van der Waals surface area contributed by atoms with Gasteiger partial charge in [0.1, 0.15) is 12.4 Å². The van der Waals surface area contributed by atoms with Gasteiger partial charge in [0, 0.05) is 6.21 Å². The van der Waals surface area contributed by atoms with Crippen LogP contribution in [0.1, 0.15) is 25.8 Å². The van der Waals surface area contributed by atoms with Gasteiger partial charge < -0.3 is 4.74 Å². The number of halogens is 2. The third-order valence-electron chi connectivity index (χ3n) is 3.01. The summed E-state index contributed by atoms with van der Waals surface area (Å²) in [4.78, 5) is 8.00. The second-order valence-corrected chi connectivity index (χ2v) is 4.66. The maximum Gasteiger partial charge on any atom is 0.312 e. The quantitative estimate of drug-likeness (QED) is 0.826. The number of nitrogens with zero attached hydrogens (tertiary/aromatic N) is 2. The summed E-state index contributed by atoms with van der Waals surface area (Å²) in [6, 6.07) is 5.66. The first-order chi connectivity index (χ1) is 9.01. The summed E-state index contributed by atoms with van der Waals surface area (Å²) in [5.41, 5.74) is -0.724. The molecule has 0 N–H and O–H groups in total. The maximum atomic E-state index is 14.0. The molecular formula is C14H16F2N2O. The summed E-state index contributed by atoms with van der Waals surface area (Å²) in [6.07, 6.45) is 1.80. The summed E-state index contributed by atoms with van der Waals surface area (Å²) < 4.78 is 32.1. The Morgan fingerprint density at radius 2 is 2.00 bits per heavy atom. The van der Waals surface area contributed by atoms with Crippen LogP contribution in [0.2, 0.25) is 0 Å². The van der Waals surface area contributed by atoms with Crippen molar-refractivity contribution in [1.82, 2.24) is 0 Å². The summed E-state index contributed by atoms with van der Waals surface area (Å²) >= 11 is 0. The number of hydrogen-bond acceptors (Lipinski definition) is 3. The minimum atomic E-state index is -1.53. The van der Waals surface area contributed by atoms with Gasteiger partial charge in [0.25, 0.3) is 0 Å². The van der Waals surface area contributed by atoms with Crippen molar-refractivity contribution >= 4 is 12.2 Å². The van der Waals surface area contributed by atoms with E-state index < -0.39 is 11.7 Å². The Kier molecular flexibility index (Phi) is 3.93. The van der Waals surface area contributed by atoms with Crippen molar-refractivity contribution in [2.75, 3.05) is 0 Å². The van der Waals surface area contributed by atoms with Crippen LogP contribution in [0.5, 0.6) is 0 Å². The highest BCUT2D eigenvalue weighted by Gasteiger charge is 2.34. The number of alkyl halides is 1. The first-order valence-electron chi connectivity index (χ1n) is 6.20. The van der Waals surface area contributed by atoms with Crippen LogP contribution in [0.15, 0.2) is 34.3 Å². The van der Waals surface area contributed by atoms with E-state index in [1.54, 1.807) is 12.1 Å². The Morgan fingerprint density at radius 1 is 1.32 bits per heavy atom. The van der Waals surface area contributed by atoms with Crippen LogP contribution in [0.25, 0.3) is 0 Å². The van der Waals surface area contributed by atoms with Crippen molar-refractivity contribution in [3.8, 4) is 0 Å². The molecule has 0 saturated heterocycles. The third-order valence-corrected chi connectivity index (χ3v) is 3.01. The zero-order valence-corrected chi connectivity index (χ0v) is 10.9. The number of hydrogen-bond donors (Lipinski definition) is 0. The normalized spacial score (nSPS) is 26.1. The van der Waals surface area contributed by atoms with Gasteiger partial charge in [-0.25, -0.2) is 18.8 Å². The Hall–Kier alpha value is -1.78. The van der Waals surface area contributed by atoms with Crippen molar-refractivity contribution in [3.05, 3.63) is 35.6 Å². The van der Waals surface area contributed by atoms with Gasteiger partial charge in [-0.05, 0) is 31.0 Å². The highest BCUT2D eigenvalue weighted by molar-refractivity contribution is 5.89. The predicted octanol–water partition coefficient (Wildman–Crippen LogP) is 3.29. The van der Waals surface area contributed by atoms with Crippen LogP contribution < -0.4 is 0 Å². The van der Waals surface area contributed by atoms with Crippen molar-refractivity contribution in [3.63, 3.8) is 0 Å². The van der Waals surface area contributed by atoms with E-state index in [9.17, 15) is 8.78 Å². The SMILES string of the molecule is CC[C@@H]1N=C(OCc2ccc(F)cc2)N=CC1(C)F. The molecule has 3 nitrogen and oxygen atoms in total. The summed E-state index contributed by atoms with van der Waals surface area (Å²) in [7, 11) is 0. The maximum absolute atomic E-state index is 14.0. The molecule has 5 heteroatoms. The minimum Gasteiger partial charge on any atom is -0.459 e. The molecule has 0 spiro atoms. The molecule has 1 aliphatic heterocycles. The van der Waals surface area contributed by atoms with Crippen LogP contribution in [0, 0.1) is 5.82 Å². The van der Waals surface area contributed by atoms with Crippen LogP contribution in [0.3, 0.4) is 0 Å². The van der Waals surface area contributed by atoms with Crippen molar-refractivity contribution in [1.29, 1.82) is 0 Å². The molecule has 102 valence electrons. The van der Waals surface area contributed by atoms with Crippen LogP contribution >= 0.6 is 0 Å². The lowest BCUT2D eigenvalue weighted by Gasteiger charge is -2.26. The second-order valence-electron chi connectivity index (χ2n) is 4.66. The van der Waals surface area contributed by atoms with E-state index in [4.69, 9.17) is 4.74 Å². The fourth-order valence-corrected chi connectivity index (χ4v) is 1.85. The topological polar surface area (TPSA) is 34.0 Å². The summed E-state index contributed by atoms with van der Waals surface area (Å²) in [5.74, 6) is -0.295. The lowest BCUT2D eigenvalue weighted by Crippen LogP contribution is -2.38. The zero-order chi connectivity index (χ0) is 13.9. The Bertz CT molecular complexity index is 495. The molecule has 0 amide bonds. The zero-order valence-electron chi connectivity index (χ0n) is 10.9. The van der Waals surface area contributed by atoms with Gasteiger partial charge in [-0.1, -0.05) is 19.1 Å². The van der Waals surface area contributed by atoms with Crippen LogP contribution in [-0.2, 0) is 11.3 Å². The van der Waals surface area contributed by atoms with Crippen molar-refractivity contribution in [2.24, 2.45) is 9.98 Å². The number of benzene rings is 1. The van der Waals surface area contributed by atoms with Gasteiger partial charge in [0.15, 0.2) is 5.67 Å². The molecule has 2 rings (SSSR count). The van der Waals surface area contributed by atoms with Gasteiger partial charge in [0.05, 0.1) is 6.04 Å². The van der Waals surface area contributed by atoms with Gasteiger partial charge >= 0.3 is 6.02 Å². The van der Waals surface area contributed by atoms with Crippen LogP contribution in [0.4, 0.5) is 8.78 Å². The van der Waals surface area contributed by atoms with E-state index in [1.807, 2.05) is 6.92 Å². The first-order valence-corrected chi connectivity index (χ1v) is 6.20. The molecule has 2 atom stereocenters. The number of ether oxygens (including phenoxy) is 1. The standard InChI is InChI=1S/C14H16F2N2O/c1-3-12-14(2,16)9-17-13(18-12)19-8-10-4-6-11(15)7-5-10/h4-7,9,12H,3,8H2,1-2H3/t12-,14?/m0/s1. The van der Waals surface area contributed by atoms with E-state index in [0.717, 1.165) is 5.56 Å². The molecule has 0 aromatic heterocycles. The molecule has 0 saturated carbocycles. The van der Waals surface area contributed by atoms with Gasteiger partial charge in [-0.3, -0.25) is 0 Å². The lowest BCUT2D eigenvalue weighted by atomic mass is 9.97. The fraction of sp³-hybridized carbons (Fsp3) is 0.429. The van der Waals surface area contributed by atoms with Gasteiger partial charge in [-0.15, -0.1) is 0 Å². The average Bonchev–Trinajstić information content (AvgIpc) is 2.39. The molecular weight excluding hydrogens is 250 g/mol. The molecule has 19 heavy (non-hydrogen) atoms. The first kappa shape index (κ1) is 13.6. The molecule has 1 aliphatic rings. The Balaban J connectivity index is 1.99. The molecule has 1 aromatic rings. The largest absolute Gasteiger partial charge is 0.459 e. The fourth-order valence-electron chi connectivity index (χ4n) is 1.85. The van der Waals surface area contributed by atoms with Crippen molar-refractivity contribution < 1.29 is 13.5 Å². The highest BCUT2D eigenvalue weighted by Crippen LogP contribution is 2.23. The second kappa shape index (κ2) is 5.47. The smallest absolute Gasteiger partial charge is 0.312 e.